The Bertz CT molecular complexity index is 396. The van der Waals surface area contributed by atoms with Crippen LogP contribution in [-0.4, -0.2) is 12.1 Å². The molecular formula is C16H25F2N. The number of hydrogen-bond acceptors (Lipinski definition) is 1. The Hall–Kier alpha value is -0.960. The monoisotopic (exact) mass is 269 g/mol. The lowest BCUT2D eigenvalue weighted by atomic mass is 9.93. The fourth-order valence-corrected chi connectivity index (χ4v) is 2.13. The van der Waals surface area contributed by atoms with E-state index in [0.717, 1.165) is 25.5 Å². The van der Waals surface area contributed by atoms with Crippen LogP contribution < -0.4 is 5.32 Å². The minimum Gasteiger partial charge on any atom is -0.312 e. The number of benzene rings is 1. The summed E-state index contributed by atoms with van der Waals surface area (Å²) in [6, 6.07) is 3.86. The van der Waals surface area contributed by atoms with Crippen molar-refractivity contribution in [1.82, 2.24) is 5.32 Å². The molecule has 0 fully saturated rings. The van der Waals surface area contributed by atoms with Gasteiger partial charge in [-0.25, -0.2) is 8.78 Å². The zero-order valence-electron chi connectivity index (χ0n) is 12.4. The van der Waals surface area contributed by atoms with E-state index in [0.29, 0.717) is 17.9 Å². The molecule has 0 heterocycles. The van der Waals surface area contributed by atoms with Gasteiger partial charge in [-0.2, -0.15) is 0 Å². The summed E-state index contributed by atoms with van der Waals surface area (Å²) in [4.78, 5) is 0. The van der Waals surface area contributed by atoms with Crippen LogP contribution >= 0.6 is 0 Å². The van der Waals surface area contributed by atoms with Crippen molar-refractivity contribution in [2.75, 3.05) is 6.54 Å². The third-order valence-electron chi connectivity index (χ3n) is 3.14. The Kier molecular flexibility index (Phi) is 5.92. The van der Waals surface area contributed by atoms with Gasteiger partial charge in [0.25, 0.3) is 0 Å². The highest BCUT2D eigenvalue weighted by Crippen LogP contribution is 2.18. The lowest BCUT2D eigenvalue weighted by Gasteiger charge is -2.25. The summed E-state index contributed by atoms with van der Waals surface area (Å²) in [6.45, 7) is 9.34. The van der Waals surface area contributed by atoms with E-state index in [1.54, 1.807) is 6.07 Å². The molecule has 0 saturated heterocycles. The molecule has 1 aromatic rings. The van der Waals surface area contributed by atoms with Gasteiger partial charge in [-0.3, -0.25) is 0 Å². The first-order valence-corrected chi connectivity index (χ1v) is 7.00. The van der Waals surface area contributed by atoms with Crippen LogP contribution in [0.1, 0.15) is 46.1 Å². The quantitative estimate of drug-likeness (QED) is 0.811. The molecule has 0 bridgehead atoms. The molecule has 0 aliphatic heterocycles. The Balaban J connectivity index is 2.67. The maximum absolute atomic E-state index is 13.7. The number of hydrogen-bond donors (Lipinski definition) is 1. The van der Waals surface area contributed by atoms with Crippen LogP contribution in [0.2, 0.25) is 0 Å². The van der Waals surface area contributed by atoms with Crippen LogP contribution in [0.25, 0.3) is 0 Å². The molecule has 1 rings (SSSR count). The largest absolute Gasteiger partial charge is 0.312 e. The molecule has 19 heavy (non-hydrogen) atoms. The standard InChI is InChI=1S/C16H25F2N/c1-5-6-12(11-19-16(2,3)4)9-13-7-8-14(17)10-15(13)18/h7-8,10,12,19H,5-6,9,11H2,1-4H3. The van der Waals surface area contributed by atoms with Crippen molar-refractivity contribution in [3.05, 3.63) is 35.4 Å². The molecule has 1 N–H and O–H groups in total. The lowest BCUT2D eigenvalue weighted by Crippen LogP contribution is -2.39. The van der Waals surface area contributed by atoms with Crippen molar-refractivity contribution in [1.29, 1.82) is 0 Å². The van der Waals surface area contributed by atoms with E-state index in [9.17, 15) is 8.78 Å². The molecular weight excluding hydrogens is 244 g/mol. The smallest absolute Gasteiger partial charge is 0.129 e. The predicted molar refractivity (Wildman–Crippen MR) is 76.2 cm³/mol. The lowest BCUT2D eigenvalue weighted by molar-refractivity contribution is 0.352. The topological polar surface area (TPSA) is 12.0 Å². The van der Waals surface area contributed by atoms with Gasteiger partial charge in [0.1, 0.15) is 11.6 Å². The van der Waals surface area contributed by atoms with Gasteiger partial charge in [-0.15, -0.1) is 0 Å². The Labute approximate surface area is 115 Å². The highest BCUT2D eigenvalue weighted by atomic mass is 19.1. The first-order valence-electron chi connectivity index (χ1n) is 7.00. The molecule has 0 radical (unpaired) electrons. The summed E-state index contributed by atoms with van der Waals surface area (Å²) in [5.74, 6) is -0.567. The van der Waals surface area contributed by atoms with E-state index in [1.165, 1.54) is 6.07 Å². The van der Waals surface area contributed by atoms with Crippen molar-refractivity contribution >= 4 is 0 Å². The van der Waals surface area contributed by atoms with Gasteiger partial charge in [-0.05, 0) is 57.7 Å². The molecule has 0 amide bonds. The van der Waals surface area contributed by atoms with E-state index in [4.69, 9.17) is 0 Å². The SMILES string of the molecule is CCCC(CNC(C)(C)C)Cc1ccc(F)cc1F. The summed E-state index contributed by atoms with van der Waals surface area (Å²) in [7, 11) is 0. The van der Waals surface area contributed by atoms with Crippen molar-refractivity contribution in [2.45, 2.75) is 52.5 Å². The van der Waals surface area contributed by atoms with Crippen LogP contribution in [0.4, 0.5) is 8.78 Å². The number of nitrogens with one attached hydrogen (secondary N) is 1. The molecule has 0 aromatic heterocycles. The van der Waals surface area contributed by atoms with Gasteiger partial charge in [0.05, 0.1) is 0 Å². The molecule has 1 unspecified atom stereocenters. The summed E-state index contributed by atoms with van der Waals surface area (Å²) >= 11 is 0. The second kappa shape index (κ2) is 6.99. The molecule has 0 aliphatic rings. The van der Waals surface area contributed by atoms with Crippen LogP contribution in [0, 0.1) is 17.6 Å². The van der Waals surface area contributed by atoms with Gasteiger partial charge in [0.15, 0.2) is 0 Å². The van der Waals surface area contributed by atoms with Gasteiger partial charge in [0.2, 0.25) is 0 Å². The van der Waals surface area contributed by atoms with Gasteiger partial charge >= 0.3 is 0 Å². The first kappa shape index (κ1) is 16.1. The zero-order valence-corrected chi connectivity index (χ0v) is 12.4. The van der Waals surface area contributed by atoms with Gasteiger partial charge in [-0.1, -0.05) is 19.4 Å². The summed E-state index contributed by atoms with van der Waals surface area (Å²) in [6.07, 6.45) is 2.77. The number of rotatable bonds is 6. The van der Waals surface area contributed by atoms with Crippen molar-refractivity contribution in [3.63, 3.8) is 0 Å². The molecule has 0 saturated carbocycles. The van der Waals surface area contributed by atoms with Crippen molar-refractivity contribution in [3.8, 4) is 0 Å². The molecule has 1 aromatic carbocycles. The normalized spacial score (nSPS) is 13.6. The second-order valence-corrected chi connectivity index (χ2v) is 6.23. The number of halogens is 2. The maximum Gasteiger partial charge on any atom is 0.129 e. The summed E-state index contributed by atoms with van der Waals surface area (Å²) in [5.41, 5.74) is 0.670. The third kappa shape index (κ3) is 6.15. The molecule has 1 atom stereocenters. The van der Waals surface area contributed by atoms with E-state index < -0.39 is 11.6 Å². The molecule has 108 valence electrons. The second-order valence-electron chi connectivity index (χ2n) is 6.23. The first-order chi connectivity index (χ1) is 8.81. The maximum atomic E-state index is 13.7. The predicted octanol–water partition coefficient (Wildman–Crippen LogP) is 4.31. The molecule has 3 heteroatoms. The van der Waals surface area contributed by atoms with Crippen molar-refractivity contribution < 1.29 is 8.78 Å². The minimum absolute atomic E-state index is 0.0628. The molecule has 1 nitrogen and oxygen atoms in total. The molecule has 0 spiro atoms. The Morgan fingerprint density at radius 3 is 2.42 bits per heavy atom. The fourth-order valence-electron chi connectivity index (χ4n) is 2.13. The van der Waals surface area contributed by atoms with Gasteiger partial charge < -0.3 is 5.32 Å². The van der Waals surface area contributed by atoms with Crippen molar-refractivity contribution in [2.24, 2.45) is 5.92 Å². The fraction of sp³-hybridized carbons (Fsp3) is 0.625. The zero-order chi connectivity index (χ0) is 14.5. The van der Waals surface area contributed by atoms with Crippen LogP contribution in [0.3, 0.4) is 0 Å². The third-order valence-corrected chi connectivity index (χ3v) is 3.14. The van der Waals surface area contributed by atoms with E-state index in [-0.39, 0.29) is 5.54 Å². The van der Waals surface area contributed by atoms with Crippen LogP contribution in [0.15, 0.2) is 18.2 Å². The average molecular weight is 269 g/mol. The average Bonchev–Trinajstić information content (AvgIpc) is 2.28. The van der Waals surface area contributed by atoms with E-state index >= 15 is 0 Å². The summed E-state index contributed by atoms with van der Waals surface area (Å²) < 4.78 is 26.5. The van der Waals surface area contributed by atoms with E-state index in [1.807, 2.05) is 0 Å². The highest BCUT2D eigenvalue weighted by molar-refractivity contribution is 5.19. The molecule has 0 aliphatic carbocycles. The van der Waals surface area contributed by atoms with Gasteiger partial charge in [0, 0.05) is 11.6 Å². The van der Waals surface area contributed by atoms with Crippen LogP contribution in [0.5, 0.6) is 0 Å². The minimum atomic E-state index is -0.513. The Morgan fingerprint density at radius 2 is 1.89 bits per heavy atom. The van der Waals surface area contributed by atoms with Crippen LogP contribution in [-0.2, 0) is 6.42 Å². The van der Waals surface area contributed by atoms with E-state index in [2.05, 4.69) is 33.0 Å². The summed E-state index contributed by atoms with van der Waals surface area (Å²) in [5, 5.41) is 3.46. The Morgan fingerprint density at radius 1 is 1.21 bits per heavy atom. The highest BCUT2D eigenvalue weighted by Gasteiger charge is 2.16.